The van der Waals surface area contributed by atoms with Crippen LogP contribution in [-0.4, -0.2) is 23.5 Å². The second-order valence-electron chi connectivity index (χ2n) is 6.92. The molecular formula is C25H21NO3. The zero-order valence-electron chi connectivity index (χ0n) is 15.9. The molecule has 4 heteroatoms. The maximum Gasteiger partial charge on any atom is 0.269 e. The van der Waals surface area contributed by atoms with E-state index in [1.165, 1.54) is 0 Å². The van der Waals surface area contributed by atoms with Gasteiger partial charge in [0.05, 0.1) is 13.0 Å². The molecule has 0 aliphatic carbocycles. The van der Waals surface area contributed by atoms with Crippen LogP contribution >= 0.6 is 0 Å². The number of imide groups is 1. The van der Waals surface area contributed by atoms with Gasteiger partial charge in [-0.1, -0.05) is 103 Å². The van der Waals surface area contributed by atoms with Crippen molar-refractivity contribution in [1.82, 2.24) is 5.06 Å². The Morgan fingerprint density at radius 1 is 0.793 bits per heavy atom. The average Bonchev–Trinajstić information content (AvgIpc) is 3.04. The number of hydrogen-bond donors (Lipinski definition) is 0. The van der Waals surface area contributed by atoms with Crippen LogP contribution in [0.25, 0.3) is 6.08 Å². The van der Waals surface area contributed by atoms with Crippen LogP contribution in [0, 0.1) is 0 Å². The number of benzene rings is 3. The molecule has 144 valence electrons. The number of hydroxylamine groups is 2. The molecule has 1 aliphatic rings. The Bertz CT molecular complexity index is 974. The smallest absolute Gasteiger partial charge is 0.269 e. The van der Waals surface area contributed by atoms with Crippen molar-refractivity contribution in [2.75, 3.05) is 6.61 Å². The number of hydrogen-bond acceptors (Lipinski definition) is 3. The first-order valence-electron chi connectivity index (χ1n) is 9.55. The Morgan fingerprint density at radius 2 is 1.31 bits per heavy atom. The van der Waals surface area contributed by atoms with Crippen LogP contribution in [-0.2, 0) is 19.8 Å². The SMILES string of the molecule is O=C1CC(c2ccccc2)(c2ccccc2)C(=O)N1OC/C=C/c1ccccc1. The molecule has 4 nitrogen and oxygen atoms in total. The minimum absolute atomic E-state index is 0.0439. The lowest BCUT2D eigenvalue weighted by atomic mass is 9.73. The molecule has 0 aromatic heterocycles. The summed E-state index contributed by atoms with van der Waals surface area (Å²) in [4.78, 5) is 31.8. The minimum Gasteiger partial charge on any atom is -0.272 e. The summed E-state index contributed by atoms with van der Waals surface area (Å²) in [7, 11) is 0. The molecule has 0 unspecified atom stereocenters. The highest BCUT2D eigenvalue weighted by atomic mass is 16.7. The summed E-state index contributed by atoms with van der Waals surface area (Å²) >= 11 is 0. The van der Waals surface area contributed by atoms with Gasteiger partial charge in [0.15, 0.2) is 0 Å². The second kappa shape index (κ2) is 8.25. The third-order valence-electron chi connectivity index (χ3n) is 5.14. The van der Waals surface area contributed by atoms with Crippen LogP contribution in [0.2, 0.25) is 0 Å². The molecule has 3 aromatic rings. The van der Waals surface area contributed by atoms with E-state index in [2.05, 4.69) is 0 Å². The number of carbonyl (C=O) groups is 2. The summed E-state index contributed by atoms with van der Waals surface area (Å²) in [5.74, 6) is -0.691. The van der Waals surface area contributed by atoms with Crippen molar-refractivity contribution in [3.63, 3.8) is 0 Å². The Morgan fingerprint density at radius 3 is 1.86 bits per heavy atom. The first kappa shape index (κ1) is 18.8. The van der Waals surface area contributed by atoms with Gasteiger partial charge in [-0.05, 0) is 16.7 Å². The fourth-order valence-corrected chi connectivity index (χ4v) is 3.72. The molecule has 0 spiro atoms. The van der Waals surface area contributed by atoms with E-state index in [4.69, 9.17) is 4.84 Å². The number of nitrogens with zero attached hydrogens (tertiary/aromatic N) is 1. The maximum absolute atomic E-state index is 13.5. The van der Waals surface area contributed by atoms with Crippen LogP contribution in [0.15, 0.2) is 97.1 Å². The van der Waals surface area contributed by atoms with Crippen LogP contribution in [0.4, 0.5) is 0 Å². The molecule has 0 saturated carbocycles. The number of amides is 2. The van der Waals surface area contributed by atoms with Gasteiger partial charge in [-0.25, -0.2) is 0 Å². The van der Waals surface area contributed by atoms with Crippen molar-refractivity contribution < 1.29 is 14.4 Å². The lowest BCUT2D eigenvalue weighted by Gasteiger charge is -2.27. The largest absolute Gasteiger partial charge is 0.272 e. The van der Waals surface area contributed by atoms with Crippen molar-refractivity contribution in [1.29, 1.82) is 0 Å². The first-order chi connectivity index (χ1) is 14.2. The molecule has 1 aliphatic heterocycles. The van der Waals surface area contributed by atoms with Crippen molar-refractivity contribution in [2.45, 2.75) is 11.8 Å². The van der Waals surface area contributed by atoms with E-state index in [0.717, 1.165) is 21.8 Å². The molecule has 1 fully saturated rings. The summed E-state index contributed by atoms with van der Waals surface area (Å²) in [5.41, 5.74) is 1.53. The van der Waals surface area contributed by atoms with Crippen LogP contribution in [0.5, 0.6) is 0 Å². The fraction of sp³-hybridized carbons (Fsp3) is 0.120. The second-order valence-corrected chi connectivity index (χ2v) is 6.92. The van der Waals surface area contributed by atoms with E-state index in [1.807, 2.05) is 97.1 Å². The van der Waals surface area contributed by atoms with E-state index < -0.39 is 5.41 Å². The van der Waals surface area contributed by atoms with Gasteiger partial charge in [0.2, 0.25) is 0 Å². The molecule has 0 N–H and O–H groups in total. The van der Waals surface area contributed by atoms with Crippen LogP contribution < -0.4 is 0 Å². The summed E-state index contributed by atoms with van der Waals surface area (Å²) in [6.45, 7) is 0.131. The molecule has 3 aromatic carbocycles. The molecule has 4 rings (SSSR count). The third-order valence-corrected chi connectivity index (χ3v) is 5.14. The van der Waals surface area contributed by atoms with Crippen molar-refractivity contribution in [3.8, 4) is 0 Å². The van der Waals surface area contributed by atoms with Gasteiger partial charge in [-0.2, -0.15) is 5.06 Å². The number of rotatable bonds is 6. The topological polar surface area (TPSA) is 46.6 Å². The lowest BCUT2D eigenvalue weighted by molar-refractivity contribution is -0.185. The molecular weight excluding hydrogens is 362 g/mol. The van der Waals surface area contributed by atoms with Gasteiger partial charge in [-0.3, -0.25) is 14.4 Å². The Balaban J connectivity index is 1.59. The zero-order chi connectivity index (χ0) is 20.1. The Hall–Kier alpha value is -3.50. The Labute approximate surface area is 170 Å². The Kier molecular flexibility index (Phi) is 5.36. The maximum atomic E-state index is 13.5. The normalized spacial score (nSPS) is 15.9. The van der Waals surface area contributed by atoms with Crippen molar-refractivity contribution in [2.24, 2.45) is 0 Å². The van der Waals surface area contributed by atoms with E-state index >= 15 is 0 Å². The molecule has 0 atom stereocenters. The fourth-order valence-electron chi connectivity index (χ4n) is 3.72. The van der Waals surface area contributed by atoms with Gasteiger partial charge in [0.25, 0.3) is 11.8 Å². The van der Waals surface area contributed by atoms with Crippen LogP contribution in [0.3, 0.4) is 0 Å². The zero-order valence-corrected chi connectivity index (χ0v) is 15.9. The number of carbonyl (C=O) groups excluding carboxylic acids is 2. The predicted octanol–water partition coefficient (Wildman–Crippen LogP) is 4.38. The van der Waals surface area contributed by atoms with Gasteiger partial charge in [0, 0.05) is 0 Å². The predicted molar refractivity (Wildman–Crippen MR) is 112 cm³/mol. The van der Waals surface area contributed by atoms with E-state index in [-0.39, 0.29) is 24.8 Å². The van der Waals surface area contributed by atoms with E-state index in [1.54, 1.807) is 6.08 Å². The minimum atomic E-state index is -1.07. The highest BCUT2D eigenvalue weighted by molar-refractivity contribution is 6.10. The molecule has 0 radical (unpaired) electrons. The van der Waals surface area contributed by atoms with Gasteiger partial charge in [-0.15, -0.1) is 0 Å². The quantitative estimate of drug-likeness (QED) is 0.594. The van der Waals surface area contributed by atoms with Crippen molar-refractivity contribution in [3.05, 3.63) is 114 Å². The monoisotopic (exact) mass is 383 g/mol. The molecule has 1 saturated heterocycles. The molecule has 0 bridgehead atoms. The van der Waals surface area contributed by atoms with Gasteiger partial charge >= 0.3 is 0 Å². The first-order valence-corrected chi connectivity index (χ1v) is 9.55. The highest BCUT2D eigenvalue weighted by Crippen LogP contribution is 2.42. The van der Waals surface area contributed by atoms with E-state index in [0.29, 0.717) is 0 Å². The van der Waals surface area contributed by atoms with Crippen LogP contribution in [0.1, 0.15) is 23.1 Å². The molecule has 29 heavy (non-hydrogen) atoms. The molecule has 2 amide bonds. The van der Waals surface area contributed by atoms with Crippen molar-refractivity contribution >= 4 is 17.9 Å². The van der Waals surface area contributed by atoms with Gasteiger partial charge < -0.3 is 0 Å². The van der Waals surface area contributed by atoms with Gasteiger partial charge in [0.1, 0.15) is 5.41 Å². The third kappa shape index (κ3) is 3.62. The standard InChI is InChI=1S/C25H21NO3/c27-23-19-25(21-14-6-2-7-15-21,22-16-8-3-9-17-22)24(28)26(23)29-18-10-13-20-11-4-1-5-12-20/h1-17H,18-19H2/b13-10+. The lowest BCUT2D eigenvalue weighted by Crippen LogP contribution is -2.39. The average molecular weight is 383 g/mol. The summed E-state index contributed by atoms with van der Waals surface area (Å²) in [5, 5.41) is 0.926. The highest BCUT2D eigenvalue weighted by Gasteiger charge is 2.54. The summed E-state index contributed by atoms with van der Waals surface area (Å²) in [6, 6.07) is 28.6. The summed E-state index contributed by atoms with van der Waals surface area (Å²) in [6.07, 6.45) is 3.73. The molecule has 1 heterocycles. The van der Waals surface area contributed by atoms with E-state index in [9.17, 15) is 9.59 Å². The summed E-state index contributed by atoms with van der Waals surface area (Å²) < 4.78 is 0.